The highest BCUT2D eigenvalue weighted by Crippen LogP contribution is 2.32. The maximum absolute atomic E-state index is 12.9. The number of rotatable bonds is 4. The van der Waals surface area contributed by atoms with E-state index in [1.165, 1.54) is 18.6 Å². The molecule has 0 unspecified atom stereocenters. The van der Waals surface area contributed by atoms with E-state index in [2.05, 4.69) is 40.6 Å². The summed E-state index contributed by atoms with van der Waals surface area (Å²) in [6.07, 6.45) is -1.76. The average molecular weight is 442 g/mol. The molecular weight excluding hydrogens is 429 g/mol. The number of fused-ring (bicyclic) bond motifs is 2. The van der Waals surface area contributed by atoms with Crippen LogP contribution in [0.25, 0.3) is 33.7 Å². The number of halogens is 3. The van der Waals surface area contributed by atoms with E-state index < -0.39 is 23.7 Å². The molecule has 0 aliphatic heterocycles. The Morgan fingerprint density at radius 1 is 1.22 bits per heavy atom. The molecule has 32 heavy (non-hydrogen) atoms. The quantitative estimate of drug-likeness (QED) is 0.388. The van der Waals surface area contributed by atoms with Gasteiger partial charge in [-0.3, -0.25) is 9.89 Å². The van der Waals surface area contributed by atoms with Crippen molar-refractivity contribution in [3.63, 3.8) is 0 Å². The van der Waals surface area contributed by atoms with Crippen molar-refractivity contribution in [1.29, 1.82) is 0 Å². The minimum Gasteiger partial charge on any atom is -0.353 e. The van der Waals surface area contributed by atoms with Gasteiger partial charge in [0.1, 0.15) is 17.7 Å². The molecule has 5 aromatic rings. The molecule has 0 aliphatic rings. The fourth-order valence-electron chi connectivity index (χ4n) is 3.19. The molecule has 1 aromatic carbocycles. The average Bonchev–Trinajstić information content (AvgIpc) is 3.50. The molecule has 13 heteroatoms. The summed E-state index contributed by atoms with van der Waals surface area (Å²) in [5.41, 5.74) is 0.743. The number of H-pyrrole nitrogens is 2. The molecule has 0 spiro atoms. The molecule has 4 aromatic heterocycles. The number of imidazole rings is 1. The first-order chi connectivity index (χ1) is 15.3. The van der Waals surface area contributed by atoms with Crippen molar-refractivity contribution in [2.45, 2.75) is 19.1 Å². The zero-order chi connectivity index (χ0) is 22.5. The summed E-state index contributed by atoms with van der Waals surface area (Å²) in [6, 6.07) is 4.19. The summed E-state index contributed by atoms with van der Waals surface area (Å²) in [5, 5.41) is 13.7. The van der Waals surface area contributed by atoms with Crippen LogP contribution in [0.15, 0.2) is 41.3 Å². The second kappa shape index (κ2) is 7.14. The molecule has 4 heterocycles. The number of hydrogen-bond acceptors (Lipinski definition) is 7. The van der Waals surface area contributed by atoms with E-state index in [0.717, 1.165) is 12.1 Å². The van der Waals surface area contributed by atoms with E-state index in [9.17, 15) is 18.0 Å². The van der Waals surface area contributed by atoms with Crippen LogP contribution in [0.4, 0.5) is 13.2 Å². The van der Waals surface area contributed by atoms with Crippen molar-refractivity contribution >= 4 is 28.0 Å². The predicted octanol–water partition coefficient (Wildman–Crippen LogP) is 3.39. The number of aromatic nitrogens is 7. The van der Waals surface area contributed by atoms with Crippen LogP contribution in [0.1, 0.15) is 34.7 Å². The van der Waals surface area contributed by atoms with Gasteiger partial charge >= 0.3 is 6.18 Å². The molecule has 0 fully saturated rings. The Balaban J connectivity index is 1.37. The van der Waals surface area contributed by atoms with Crippen LogP contribution in [0, 0.1) is 0 Å². The summed E-state index contributed by atoms with van der Waals surface area (Å²) in [4.78, 5) is 27.7. The molecule has 0 saturated heterocycles. The van der Waals surface area contributed by atoms with Crippen LogP contribution in [0.2, 0.25) is 0 Å². The van der Waals surface area contributed by atoms with Gasteiger partial charge in [0.25, 0.3) is 5.91 Å². The lowest BCUT2D eigenvalue weighted by molar-refractivity contribution is -0.137. The third-order valence-electron chi connectivity index (χ3n) is 4.83. The summed E-state index contributed by atoms with van der Waals surface area (Å²) >= 11 is 0. The van der Waals surface area contributed by atoms with E-state index in [1.54, 1.807) is 13.0 Å². The Hall–Kier alpha value is -4.29. The molecular formula is C19H13F3N8O2. The summed E-state index contributed by atoms with van der Waals surface area (Å²) in [7, 11) is 0. The maximum Gasteiger partial charge on any atom is 0.416 e. The van der Waals surface area contributed by atoms with E-state index >= 15 is 0 Å². The summed E-state index contributed by atoms with van der Waals surface area (Å²) in [6.45, 7) is 1.70. The Kier molecular flexibility index (Phi) is 4.39. The van der Waals surface area contributed by atoms with Crippen molar-refractivity contribution < 1.29 is 22.5 Å². The number of carbonyl (C=O) groups is 1. The lowest BCUT2D eigenvalue weighted by atomic mass is 10.2. The van der Waals surface area contributed by atoms with Gasteiger partial charge < -0.3 is 14.8 Å². The van der Waals surface area contributed by atoms with Gasteiger partial charge in [0.05, 0.1) is 34.2 Å². The normalized spacial score (nSPS) is 13.0. The number of nitrogens with one attached hydrogen (secondary N) is 3. The number of amides is 1. The maximum atomic E-state index is 12.9. The van der Waals surface area contributed by atoms with Gasteiger partial charge in [-0.15, -0.1) is 0 Å². The van der Waals surface area contributed by atoms with E-state index in [4.69, 9.17) is 4.52 Å². The van der Waals surface area contributed by atoms with Crippen molar-refractivity contribution in [2.75, 3.05) is 0 Å². The lowest BCUT2D eigenvalue weighted by Gasteiger charge is -2.10. The van der Waals surface area contributed by atoms with E-state index in [1.807, 2.05) is 0 Å². The van der Waals surface area contributed by atoms with Crippen molar-refractivity contribution in [3.8, 4) is 11.6 Å². The number of alkyl halides is 3. The summed E-state index contributed by atoms with van der Waals surface area (Å²) < 4.78 is 44.1. The largest absolute Gasteiger partial charge is 0.416 e. The minimum atomic E-state index is -4.46. The topological polar surface area (TPSA) is 138 Å². The number of carbonyl (C=O) groups excluding carboxylic acids is 1. The number of aromatic amines is 2. The van der Waals surface area contributed by atoms with E-state index in [-0.39, 0.29) is 22.8 Å². The molecule has 162 valence electrons. The molecule has 0 bridgehead atoms. The first-order valence-corrected chi connectivity index (χ1v) is 9.28. The van der Waals surface area contributed by atoms with Gasteiger partial charge in [-0.2, -0.15) is 18.3 Å². The summed E-state index contributed by atoms with van der Waals surface area (Å²) in [5.74, 6) is -0.0307. The molecule has 3 N–H and O–H groups in total. The highest BCUT2D eigenvalue weighted by molar-refractivity contribution is 6.03. The van der Waals surface area contributed by atoms with Crippen molar-refractivity contribution in [2.24, 2.45) is 0 Å². The second-order valence-corrected chi connectivity index (χ2v) is 6.98. The second-order valence-electron chi connectivity index (χ2n) is 6.98. The fourth-order valence-corrected chi connectivity index (χ4v) is 3.19. The van der Waals surface area contributed by atoms with E-state index in [0.29, 0.717) is 22.2 Å². The minimum absolute atomic E-state index is 0.150. The zero-order valence-corrected chi connectivity index (χ0v) is 16.2. The van der Waals surface area contributed by atoms with Crippen molar-refractivity contribution in [1.82, 2.24) is 40.6 Å². The zero-order valence-electron chi connectivity index (χ0n) is 16.2. The number of nitrogens with zero attached hydrogens (tertiary/aromatic N) is 5. The van der Waals surface area contributed by atoms with Crippen LogP contribution in [0.5, 0.6) is 0 Å². The molecule has 0 radical (unpaired) electrons. The molecule has 0 aliphatic carbocycles. The van der Waals surface area contributed by atoms with Crippen molar-refractivity contribution in [3.05, 3.63) is 53.7 Å². The highest BCUT2D eigenvalue weighted by Gasteiger charge is 2.31. The molecule has 0 saturated carbocycles. The van der Waals surface area contributed by atoms with Gasteiger partial charge in [0.2, 0.25) is 5.76 Å². The predicted molar refractivity (Wildman–Crippen MR) is 104 cm³/mol. The molecule has 1 atom stereocenters. The third kappa shape index (κ3) is 3.42. The van der Waals surface area contributed by atoms with Gasteiger partial charge in [-0.1, -0.05) is 5.16 Å². The Morgan fingerprint density at radius 3 is 2.88 bits per heavy atom. The van der Waals surface area contributed by atoms with Gasteiger partial charge in [-0.25, -0.2) is 15.0 Å². The van der Waals surface area contributed by atoms with Gasteiger partial charge in [0, 0.05) is 6.07 Å². The Labute approximate surface area is 176 Å². The van der Waals surface area contributed by atoms with Crippen LogP contribution in [-0.2, 0) is 6.18 Å². The van der Waals surface area contributed by atoms with Crippen LogP contribution in [-0.4, -0.2) is 41.2 Å². The SMILES string of the molecule is C[C@@H](NC(=O)c1ncnc2[nH]ncc12)c1cc(-c2nc3ccc(C(F)(F)F)cc3[nH]2)on1. The van der Waals surface area contributed by atoms with Crippen LogP contribution < -0.4 is 5.32 Å². The lowest BCUT2D eigenvalue weighted by Crippen LogP contribution is -2.27. The Bertz CT molecular complexity index is 1450. The first kappa shape index (κ1) is 19.7. The highest BCUT2D eigenvalue weighted by atomic mass is 19.4. The number of hydrogen-bond donors (Lipinski definition) is 3. The van der Waals surface area contributed by atoms with Gasteiger partial charge in [0.15, 0.2) is 11.5 Å². The van der Waals surface area contributed by atoms with Crippen LogP contribution >= 0.6 is 0 Å². The number of benzene rings is 1. The molecule has 1 amide bonds. The molecule has 5 rings (SSSR count). The molecule has 10 nitrogen and oxygen atoms in total. The smallest absolute Gasteiger partial charge is 0.353 e. The standard InChI is InChI=1S/C19H13F3N8O2/c1-8(26-18(31)15-10-6-25-29-16(10)24-7-23-15)12-5-14(32-30-12)17-27-11-3-2-9(19(20,21)22)4-13(11)28-17/h2-8H,1H3,(H,26,31)(H,27,28)(H,23,24,25,29)/t8-/m1/s1. The fraction of sp³-hybridized carbons (Fsp3) is 0.158. The third-order valence-corrected chi connectivity index (χ3v) is 4.83. The Morgan fingerprint density at radius 2 is 2.06 bits per heavy atom. The first-order valence-electron chi connectivity index (χ1n) is 9.28. The monoisotopic (exact) mass is 442 g/mol. The van der Waals surface area contributed by atoms with Gasteiger partial charge in [-0.05, 0) is 25.1 Å². The van der Waals surface area contributed by atoms with Crippen LogP contribution in [0.3, 0.4) is 0 Å².